The van der Waals surface area contributed by atoms with E-state index in [-0.39, 0.29) is 21.4 Å². The Hall–Kier alpha value is -1.89. The monoisotopic (exact) mass is 380 g/mol. The predicted molar refractivity (Wildman–Crippen MR) is 101 cm³/mol. The molecule has 2 aromatic carbocycles. The van der Waals surface area contributed by atoms with Crippen molar-refractivity contribution in [1.29, 1.82) is 0 Å². The summed E-state index contributed by atoms with van der Waals surface area (Å²) in [7, 11) is 0.872. The molecule has 2 rings (SSSR count). The second-order valence-electron chi connectivity index (χ2n) is 6.08. The third-order valence-corrected chi connectivity index (χ3v) is 6.12. The van der Waals surface area contributed by atoms with E-state index < -0.39 is 10.0 Å². The highest BCUT2D eigenvalue weighted by molar-refractivity contribution is 7.89. The third-order valence-electron chi connectivity index (χ3n) is 3.98. The van der Waals surface area contributed by atoms with Crippen molar-refractivity contribution in [2.45, 2.75) is 18.7 Å². The fourth-order valence-electron chi connectivity index (χ4n) is 2.41. The molecule has 7 heteroatoms. The van der Waals surface area contributed by atoms with Crippen molar-refractivity contribution in [2.24, 2.45) is 0 Å². The van der Waals surface area contributed by atoms with Gasteiger partial charge in [-0.05, 0) is 49.2 Å². The van der Waals surface area contributed by atoms with E-state index in [9.17, 15) is 13.2 Å². The average Bonchev–Trinajstić information content (AvgIpc) is 2.55. The standard InChI is InChI=1S/C18H21ClN2O3S/c1-12-6-7-13(2)17(10-12)21(5)18(22)15-11-14(8-9-16(15)19)25(23,24)20(3)4/h6-11H,1-5H3. The van der Waals surface area contributed by atoms with E-state index >= 15 is 0 Å². The molecular formula is C18H21ClN2O3S. The quantitative estimate of drug-likeness (QED) is 0.815. The van der Waals surface area contributed by atoms with Crippen LogP contribution >= 0.6 is 11.6 Å². The molecule has 5 nitrogen and oxygen atoms in total. The van der Waals surface area contributed by atoms with Gasteiger partial charge >= 0.3 is 0 Å². The number of carbonyl (C=O) groups excluding carboxylic acids is 1. The first-order valence-corrected chi connectivity index (χ1v) is 9.45. The van der Waals surface area contributed by atoms with E-state index in [2.05, 4.69) is 0 Å². The number of halogens is 1. The molecule has 0 atom stereocenters. The lowest BCUT2D eigenvalue weighted by Crippen LogP contribution is -2.28. The van der Waals surface area contributed by atoms with Crippen LogP contribution in [0.3, 0.4) is 0 Å². The SMILES string of the molecule is Cc1ccc(C)c(N(C)C(=O)c2cc(S(=O)(=O)N(C)C)ccc2Cl)c1. The van der Waals surface area contributed by atoms with Gasteiger partial charge in [0.15, 0.2) is 0 Å². The van der Waals surface area contributed by atoms with Crippen LogP contribution in [0.1, 0.15) is 21.5 Å². The number of benzene rings is 2. The van der Waals surface area contributed by atoms with Gasteiger partial charge in [0.1, 0.15) is 0 Å². The summed E-state index contributed by atoms with van der Waals surface area (Å²) < 4.78 is 25.7. The van der Waals surface area contributed by atoms with Gasteiger partial charge in [-0.25, -0.2) is 12.7 Å². The molecule has 0 aliphatic carbocycles. The highest BCUT2D eigenvalue weighted by atomic mass is 35.5. The van der Waals surface area contributed by atoms with E-state index in [0.29, 0.717) is 0 Å². The normalized spacial score (nSPS) is 11.6. The van der Waals surface area contributed by atoms with Gasteiger partial charge in [-0.3, -0.25) is 4.79 Å². The summed E-state index contributed by atoms with van der Waals surface area (Å²) in [6.45, 7) is 3.85. The van der Waals surface area contributed by atoms with E-state index in [1.54, 1.807) is 7.05 Å². The summed E-state index contributed by atoms with van der Waals surface area (Å²) in [5.74, 6) is -0.366. The molecule has 0 unspecified atom stereocenters. The van der Waals surface area contributed by atoms with E-state index in [1.807, 2.05) is 32.0 Å². The largest absolute Gasteiger partial charge is 0.311 e. The Morgan fingerprint density at radius 3 is 2.24 bits per heavy atom. The van der Waals surface area contributed by atoms with Crippen LogP contribution in [0.4, 0.5) is 5.69 Å². The minimum atomic E-state index is -3.65. The second-order valence-corrected chi connectivity index (χ2v) is 8.64. The Morgan fingerprint density at radius 1 is 1.00 bits per heavy atom. The lowest BCUT2D eigenvalue weighted by molar-refractivity contribution is 0.0993. The van der Waals surface area contributed by atoms with Gasteiger partial charge < -0.3 is 4.90 Å². The minimum absolute atomic E-state index is 0.0274. The summed E-state index contributed by atoms with van der Waals surface area (Å²) in [5.41, 5.74) is 2.86. The lowest BCUT2D eigenvalue weighted by Gasteiger charge is -2.21. The summed E-state index contributed by atoms with van der Waals surface area (Å²) >= 11 is 6.17. The smallest absolute Gasteiger partial charge is 0.259 e. The van der Waals surface area contributed by atoms with Gasteiger partial charge in [-0.2, -0.15) is 0 Å². The Kier molecular flexibility index (Phi) is 5.56. The van der Waals surface area contributed by atoms with Crippen molar-refractivity contribution in [1.82, 2.24) is 4.31 Å². The van der Waals surface area contributed by atoms with Crippen molar-refractivity contribution in [3.63, 3.8) is 0 Å². The number of anilines is 1. The average molecular weight is 381 g/mol. The maximum atomic E-state index is 12.9. The molecule has 0 saturated heterocycles. The van der Waals surface area contributed by atoms with Gasteiger partial charge in [-0.15, -0.1) is 0 Å². The first-order valence-electron chi connectivity index (χ1n) is 7.63. The number of hydrogen-bond donors (Lipinski definition) is 0. The molecule has 134 valence electrons. The zero-order chi connectivity index (χ0) is 18.9. The van der Waals surface area contributed by atoms with E-state index in [4.69, 9.17) is 11.6 Å². The highest BCUT2D eigenvalue weighted by Gasteiger charge is 2.23. The number of hydrogen-bond acceptors (Lipinski definition) is 3. The Labute approximate surface area is 153 Å². The number of amides is 1. The maximum absolute atomic E-state index is 12.9. The van der Waals surface area contributed by atoms with Crippen molar-refractivity contribution in [3.8, 4) is 0 Å². The molecular weight excluding hydrogens is 360 g/mol. The first kappa shape index (κ1) is 19.4. The fraction of sp³-hybridized carbons (Fsp3) is 0.278. The van der Waals surface area contributed by atoms with Crippen LogP contribution in [0.15, 0.2) is 41.3 Å². The van der Waals surface area contributed by atoms with Crippen molar-refractivity contribution < 1.29 is 13.2 Å². The van der Waals surface area contributed by atoms with Gasteiger partial charge in [0.25, 0.3) is 5.91 Å². The molecule has 0 saturated carbocycles. The lowest BCUT2D eigenvalue weighted by atomic mass is 10.1. The Bertz CT molecular complexity index is 924. The molecule has 0 aliphatic heterocycles. The topological polar surface area (TPSA) is 57.7 Å². The summed E-state index contributed by atoms with van der Waals surface area (Å²) in [5, 5.41) is 0.208. The first-order chi connectivity index (χ1) is 11.6. The zero-order valence-corrected chi connectivity index (χ0v) is 16.4. The molecule has 0 aromatic heterocycles. The molecule has 0 N–H and O–H groups in total. The molecule has 0 heterocycles. The molecule has 0 fully saturated rings. The molecule has 2 aromatic rings. The molecule has 25 heavy (non-hydrogen) atoms. The second kappa shape index (κ2) is 7.15. The number of nitrogens with zero attached hydrogens (tertiary/aromatic N) is 2. The Morgan fingerprint density at radius 2 is 1.64 bits per heavy atom. The van der Waals surface area contributed by atoms with Crippen LogP contribution in [-0.2, 0) is 10.0 Å². The summed E-state index contributed by atoms with van der Waals surface area (Å²) in [6.07, 6.45) is 0. The molecule has 1 amide bonds. The highest BCUT2D eigenvalue weighted by Crippen LogP contribution is 2.27. The number of sulfonamides is 1. The molecule has 0 spiro atoms. The molecule has 0 aliphatic rings. The van der Waals surface area contributed by atoms with Gasteiger partial charge in [0, 0.05) is 26.8 Å². The van der Waals surface area contributed by atoms with Crippen LogP contribution < -0.4 is 4.90 Å². The summed E-state index contributed by atoms with van der Waals surface area (Å²) in [4.78, 5) is 14.4. The van der Waals surface area contributed by atoms with Crippen molar-refractivity contribution >= 4 is 33.2 Å². The van der Waals surface area contributed by atoms with Crippen LogP contribution in [0.25, 0.3) is 0 Å². The minimum Gasteiger partial charge on any atom is -0.311 e. The molecule has 0 radical (unpaired) electrons. The van der Waals surface area contributed by atoms with Crippen LogP contribution in [0, 0.1) is 13.8 Å². The van der Waals surface area contributed by atoms with Crippen LogP contribution in [0.5, 0.6) is 0 Å². The van der Waals surface area contributed by atoms with Gasteiger partial charge in [-0.1, -0.05) is 23.7 Å². The number of aryl methyl sites for hydroxylation is 2. The van der Waals surface area contributed by atoms with Crippen molar-refractivity contribution in [2.75, 3.05) is 26.0 Å². The predicted octanol–water partition coefficient (Wildman–Crippen LogP) is 3.48. The fourth-order valence-corrected chi connectivity index (χ4v) is 3.54. The Balaban J connectivity index is 2.51. The van der Waals surface area contributed by atoms with Gasteiger partial charge in [0.2, 0.25) is 10.0 Å². The zero-order valence-electron chi connectivity index (χ0n) is 14.9. The number of rotatable bonds is 4. The molecule has 0 bridgehead atoms. The number of carbonyl (C=O) groups is 1. The van der Waals surface area contributed by atoms with Crippen LogP contribution in [-0.4, -0.2) is 39.8 Å². The van der Waals surface area contributed by atoms with E-state index in [1.165, 1.54) is 37.2 Å². The summed E-state index contributed by atoms with van der Waals surface area (Å²) in [6, 6.07) is 9.95. The van der Waals surface area contributed by atoms with Crippen molar-refractivity contribution in [3.05, 3.63) is 58.1 Å². The third kappa shape index (κ3) is 3.86. The van der Waals surface area contributed by atoms with Gasteiger partial charge in [0.05, 0.1) is 15.5 Å². The maximum Gasteiger partial charge on any atom is 0.259 e. The van der Waals surface area contributed by atoms with Crippen LogP contribution in [0.2, 0.25) is 5.02 Å². The van der Waals surface area contributed by atoms with E-state index in [0.717, 1.165) is 21.1 Å².